The molecule has 0 unspecified atom stereocenters. The van der Waals surface area contributed by atoms with Gasteiger partial charge in [-0.3, -0.25) is 4.79 Å². The number of carbonyl (C=O) groups excluding carboxylic acids is 1. The van der Waals surface area contributed by atoms with E-state index < -0.39 is 0 Å². The van der Waals surface area contributed by atoms with Crippen LogP contribution in [-0.4, -0.2) is 61.6 Å². The third kappa shape index (κ3) is 4.88. The molecule has 0 spiro atoms. The summed E-state index contributed by atoms with van der Waals surface area (Å²) in [5.41, 5.74) is 3.56. The van der Waals surface area contributed by atoms with Gasteiger partial charge in [-0.25, -0.2) is 4.98 Å². The smallest absolute Gasteiger partial charge is 0.274 e. The van der Waals surface area contributed by atoms with E-state index in [0.29, 0.717) is 5.69 Å². The molecule has 2 aromatic rings. The second-order valence-corrected chi connectivity index (χ2v) is 7.87. The van der Waals surface area contributed by atoms with Crippen molar-refractivity contribution in [2.45, 2.75) is 26.2 Å². The molecular weight excluding hydrogens is 362 g/mol. The summed E-state index contributed by atoms with van der Waals surface area (Å²) in [5.74, 6) is -0.168. The number of rotatable bonds is 5. The maximum atomic E-state index is 12.6. The van der Waals surface area contributed by atoms with Crippen LogP contribution in [0, 0.1) is 0 Å². The van der Waals surface area contributed by atoms with Crippen molar-refractivity contribution in [2.24, 2.45) is 0 Å². The lowest BCUT2D eigenvalue weighted by molar-refractivity contribution is 0.102. The Morgan fingerprint density at radius 3 is 2.14 bits per heavy atom. The largest absolute Gasteiger partial charge is 0.372 e. The second-order valence-electron chi connectivity index (χ2n) is 7.87. The topological polar surface area (TPSA) is 51.7 Å². The maximum Gasteiger partial charge on any atom is 0.274 e. The minimum Gasteiger partial charge on any atom is -0.372 e. The number of pyridine rings is 1. The Morgan fingerprint density at radius 1 is 0.862 bits per heavy atom. The summed E-state index contributed by atoms with van der Waals surface area (Å²) < 4.78 is 0. The molecule has 2 aliphatic rings. The Morgan fingerprint density at radius 2 is 1.52 bits per heavy atom. The van der Waals surface area contributed by atoms with E-state index in [2.05, 4.69) is 44.1 Å². The standard InChI is InChI=1S/C23H31N5O/c1-2-26-14-16-28(17-15-26)21-10-11-22(24-18-21)23(29)25-19-6-8-20(9-7-19)27-12-4-3-5-13-27/h6-11,18H,2-5,12-17H2,1H3,(H,25,29). The van der Waals surface area contributed by atoms with E-state index in [1.54, 1.807) is 0 Å². The number of benzene rings is 1. The summed E-state index contributed by atoms with van der Waals surface area (Å²) in [5, 5.41) is 2.96. The average molecular weight is 394 g/mol. The van der Waals surface area contributed by atoms with Gasteiger partial charge in [0.25, 0.3) is 5.91 Å². The average Bonchev–Trinajstić information content (AvgIpc) is 2.80. The number of piperazine rings is 1. The fourth-order valence-electron chi connectivity index (χ4n) is 4.13. The Balaban J connectivity index is 1.33. The first-order chi connectivity index (χ1) is 14.2. The van der Waals surface area contributed by atoms with Crippen LogP contribution in [-0.2, 0) is 0 Å². The Labute approximate surface area is 173 Å². The summed E-state index contributed by atoms with van der Waals surface area (Å²) in [6, 6.07) is 12.0. The molecule has 0 bridgehead atoms. The zero-order valence-corrected chi connectivity index (χ0v) is 17.3. The van der Waals surface area contributed by atoms with Gasteiger partial charge in [0.2, 0.25) is 0 Å². The molecule has 29 heavy (non-hydrogen) atoms. The first-order valence-corrected chi connectivity index (χ1v) is 10.8. The molecule has 0 aliphatic carbocycles. The van der Waals surface area contributed by atoms with Crippen LogP contribution in [0.4, 0.5) is 17.1 Å². The molecule has 1 aromatic heterocycles. The lowest BCUT2D eigenvalue weighted by Crippen LogP contribution is -2.46. The van der Waals surface area contributed by atoms with Crippen molar-refractivity contribution < 1.29 is 4.79 Å². The third-order valence-corrected chi connectivity index (χ3v) is 6.01. The molecule has 2 aliphatic heterocycles. The number of piperidine rings is 1. The van der Waals surface area contributed by atoms with Gasteiger partial charge in [0.1, 0.15) is 5.69 Å². The lowest BCUT2D eigenvalue weighted by Gasteiger charge is -2.35. The molecule has 0 atom stereocenters. The molecule has 0 saturated carbocycles. The normalized spacial score (nSPS) is 18.0. The predicted octanol–water partition coefficient (Wildman–Crippen LogP) is 3.47. The number of hydrogen-bond donors (Lipinski definition) is 1. The van der Waals surface area contributed by atoms with Crippen molar-refractivity contribution in [1.29, 1.82) is 0 Å². The van der Waals surface area contributed by atoms with Crippen LogP contribution < -0.4 is 15.1 Å². The van der Waals surface area contributed by atoms with Gasteiger partial charge < -0.3 is 20.0 Å². The van der Waals surface area contributed by atoms with Gasteiger partial charge in [0.15, 0.2) is 0 Å². The van der Waals surface area contributed by atoms with E-state index in [4.69, 9.17) is 0 Å². The Hall–Kier alpha value is -2.60. The van der Waals surface area contributed by atoms with Gasteiger partial charge in [-0.05, 0) is 62.2 Å². The van der Waals surface area contributed by atoms with Crippen LogP contribution in [0.15, 0.2) is 42.6 Å². The van der Waals surface area contributed by atoms with E-state index in [1.807, 2.05) is 30.5 Å². The van der Waals surface area contributed by atoms with Gasteiger partial charge in [0, 0.05) is 50.6 Å². The quantitative estimate of drug-likeness (QED) is 0.843. The molecule has 6 heteroatoms. The number of hydrogen-bond acceptors (Lipinski definition) is 5. The molecule has 2 fully saturated rings. The summed E-state index contributed by atoms with van der Waals surface area (Å²) >= 11 is 0. The molecule has 4 rings (SSSR count). The minimum atomic E-state index is -0.168. The Kier molecular flexibility index (Phi) is 6.30. The second kappa shape index (κ2) is 9.27. The highest BCUT2D eigenvalue weighted by Crippen LogP contribution is 2.22. The molecule has 2 saturated heterocycles. The fourth-order valence-corrected chi connectivity index (χ4v) is 4.13. The zero-order chi connectivity index (χ0) is 20.1. The van der Waals surface area contributed by atoms with E-state index >= 15 is 0 Å². The summed E-state index contributed by atoms with van der Waals surface area (Å²) in [7, 11) is 0. The maximum absolute atomic E-state index is 12.6. The van der Waals surface area contributed by atoms with Crippen molar-refractivity contribution >= 4 is 23.0 Å². The first-order valence-electron chi connectivity index (χ1n) is 10.8. The summed E-state index contributed by atoms with van der Waals surface area (Å²) in [6.07, 6.45) is 5.66. The number of amides is 1. The molecular formula is C23H31N5O. The number of likely N-dealkylation sites (N-methyl/N-ethyl adjacent to an activating group) is 1. The molecule has 1 aromatic carbocycles. The molecule has 3 heterocycles. The van der Waals surface area contributed by atoms with Crippen LogP contribution in [0.3, 0.4) is 0 Å². The van der Waals surface area contributed by atoms with Gasteiger partial charge >= 0.3 is 0 Å². The van der Waals surface area contributed by atoms with Gasteiger partial charge in [-0.15, -0.1) is 0 Å². The van der Waals surface area contributed by atoms with Crippen LogP contribution in [0.5, 0.6) is 0 Å². The minimum absolute atomic E-state index is 0.168. The van der Waals surface area contributed by atoms with Crippen LogP contribution in [0.1, 0.15) is 36.7 Å². The monoisotopic (exact) mass is 393 g/mol. The first kappa shape index (κ1) is 19.7. The zero-order valence-electron chi connectivity index (χ0n) is 17.3. The van der Waals surface area contributed by atoms with Gasteiger partial charge in [0.05, 0.1) is 11.9 Å². The number of nitrogens with one attached hydrogen (secondary N) is 1. The Bertz CT molecular complexity index is 791. The van der Waals surface area contributed by atoms with Crippen molar-refractivity contribution in [3.05, 3.63) is 48.3 Å². The number of nitrogens with zero attached hydrogens (tertiary/aromatic N) is 4. The van der Waals surface area contributed by atoms with E-state index in [1.165, 1.54) is 24.9 Å². The van der Waals surface area contributed by atoms with Crippen molar-refractivity contribution in [3.63, 3.8) is 0 Å². The molecule has 1 N–H and O–H groups in total. The molecule has 6 nitrogen and oxygen atoms in total. The van der Waals surface area contributed by atoms with Gasteiger partial charge in [-0.2, -0.15) is 0 Å². The highest BCUT2D eigenvalue weighted by atomic mass is 16.1. The summed E-state index contributed by atoms with van der Waals surface area (Å²) in [4.78, 5) is 24.2. The highest BCUT2D eigenvalue weighted by Gasteiger charge is 2.17. The fraction of sp³-hybridized carbons (Fsp3) is 0.478. The summed E-state index contributed by atoms with van der Waals surface area (Å²) in [6.45, 7) is 9.70. The van der Waals surface area contributed by atoms with E-state index in [-0.39, 0.29) is 5.91 Å². The highest BCUT2D eigenvalue weighted by molar-refractivity contribution is 6.03. The van der Waals surface area contributed by atoms with Crippen LogP contribution >= 0.6 is 0 Å². The van der Waals surface area contributed by atoms with Gasteiger partial charge in [-0.1, -0.05) is 6.92 Å². The van der Waals surface area contributed by atoms with Crippen molar-refractivity contribution in [1.82, 2.24) is 9.88 Å². The lowest BCUT2D eigenvalue weighted by atomic mass is 10.1. The number of anilines is 3. The molecule has 154 valence electrons. The van der Waals surface area contributed by atoms with E-state index in [9.17, 15) is 4.79 Å². The SMILES string of the molecule is CCN1CCN(c2ccc(C(=O)Nc3ccc(N4CCCCC4)cc3)nc2)CC1. The molecule has 0 radical (unpaired) electrons. The number of carbonyl (C=O) groups is 1. The van der Waals surface area contributed by atoms with Crippen molar-refractivity contribution in [3.8, 4) is 0 Å². The van der Waals surface area contributed by atoms with E-state index in [0.717, 1.165) is 57.2 Å². The van der Waals surface area contributed by atoms with Crippen LogP contribution in [0.25, 0.3) is 0 Å². The van der Waals surface area contributed by atoms with Crippen LogP contribution in [0.2, 0.25) is 0 Å². The molecule has 1 amide bonds. The van der Waals surface area contributed by atoms with Crippen molar-refractivity contribution in [2.75, 3.05) is 60.9 Å². The number of aromatic nitrogens is 1. The third-order valence-electron chi connectivity index (χ3n) is 6.01. The predicted molar refractivity (Wildman–Crippen MR) is 119 cm³/mol.